The van der Waals surface area contributed by atoms with E-state index < -0.39 is 14.0 Å². The Morgan fingerprint density at radius 2 is 1.95 bits per heavy atom. The van der Waals surface area contributed by atoms with Gasteiger partial charge in [0, 0.05) is 14.3 Å². The fraction of sp³-hybridized carbons (Fsp3) is 0.333. The highest BCUT2D eigenvalue weighted by molar-refractivity contribution is 6.76. The lowest BCUT2D eigenvalue weighted by Crippen LogP contribution is -2.22. The minimum atomic E-state index is -1.22. The average Bonchev–Trinajstić information content (AvgIpc) is 2.80. The van der Waals surface area contributed by atoms with Crippen LogP contribution < -0.4 is 5.73 Å². The first-order valence-electron chi connectivity index (χ1n) is 6.94. The number of carbonyl (C=O) groups excluding carboxylic acids is 1. The predicted molar refractivity (Wildman–Crippen MR) is 86.4 cm³/mol. The first-order valence-corrected chi connectivity index (χ1v) is 10.7. The molecule has 0 unspecified atom stereocenters. The van der Waals surface area contributed by atoms with E-state index in [0.717, 1.165) is 11.7 Å². The Bertz CT molecular complexity index is 618. The summed E-state index contributed by atoms with van der Waals surface area (Å²) >= 11 is 0. The number of esters is 1. The molecule has 0 bridgehead atoms. The molecule has 1 aromatic carbocycles. The Morgan fingerprint density at radius 1 is 1.29 bits per heavy atom. The highest BCUT2D eigenvalue weighted by Gasteiger charge is 2.18. The largest absolute Gasteiger partial charge is 0.462 e. The summed E-state index contributed by atoms with van der Waals surface area (Å²) < 4.78 is 6.88. The van der Waals surface area contributed by atoms with Crippen molar-refractivity contribution in [3.05, 3.63) is 42.1 Å². The first-order chi connectivity index (χ1) is 9.87. The second kappa shape index (κ2) is 6.13. The van der Waals surface area contributed by atoms with Crippen LogP contribution in [0.3, 0.4) is 0 Å². The van der Waals surface area contributed by atoms with Crippen molar-refractivity contribution < 1.29 is 9.53 Å². The molecule has 0 radical (unpaired) electrons. The van der Waals surface area contributed by atoms with Gasteiger partial charge in [0.2, 0.25) is 0 Å². The lowest BCUT2D eigenvalue weighted by Gasteiger charge is -2.14. The molecule has 0 aliphatic heterocycles. The summed E-state index contributed by atoms with van der Waals surface area (Å²) in [5, 5.41) is 4.16. The summed E-state index contributed by atoms with van der Waals surface area (Å²) in [7, 11) is -1.22. The minimum absolute atomic E-state index is 0.192. The first kappa shape index (κ1) is 15.3. The summed E-state index contributed by atoms with van der Waals surface area (Å²) in [4.78, 5) is 12.1. The Morgan fingerprint density at radius 3 is 2.57 bits per heavy atom. The van der Waals surface area contributed by atoms with Gasteiger partial charge in [0.25, 0.3) is 0 Å². The zero-order valence-corrected chi connectivity index (χ0v) is 13.7. The van der Waals surface area contributed by atoms with Crippen LogP contribution in [0.2, 0.25) is 25.7 Å². The third-order valence-electron chi connectivity index (χ3n) is 3.07. The number of nitrogens with zero attached hydrogens (tertiary/aromatic N) is 2. The van der Waals surface area contributed by atoms with Crippen molar-refractivity contribution in [2.75, 3.05) is 12.3 Å². The second-order valence-corrected chi connectivity index (χ2v) is 11.8. The molecule has 0 fully saturated rings. The van der Waals surface area contributed by atoms with Crippen molar-refractivity contribution in [1.82, 2.24) is 9.78 Å². The number of para-hydroxylation sites is 1. The number of hydrogen-bond donors (Lipinski definition) is 1. The average molecular weight is 303 g/mol. The molecule has 1 heterocycles. The Kier molecular flexibility index (Phi) is 4.47. The van der Waals surface area contributed by atoms with Gasteiger partial charge in [0.1, 0.15) is 5.56 Å². The van der Waals surface area contributed by atoms with E-state index in [4.69, 9.17) is 10.5 Å². The third kappa shape index (κ3) is 4.19. The van der Waals surface area contributed by atoms with Crippen molar-refractivity contribution >= 4 is 19.9 Å². The number of benzene rings is 1. The molecule has 5 nitrogen and oxygen atoms in total. The maximum absolute atomic E-state index is 12.1. The Labute approximate surface area is 125 Å². The van der Waals surface area contributed by atoms with E-state index >= 15 is 0 Å². The maximum atomic E-state index is 12.1. The topological polar surface area (TPSA) is 70.1 Å². The van der Waals surface area contributed by atoms with E-state index in [1.54, 1.807) is 10.9 Å². The van der Waals surface area contributed by atoms with Gasteiger partial charge < -0.3 is 10.5 Å². The van der Waals surface area contributed by atoms with Gasteiger partial charge in [-0.1, -0.05) is 37.8 Å². The number of carbonyl (C=O) groups is 1. The molecule has 0 atom stereocenters. The summed E-state index contributed by atoms with van der Waals surface area (Å²) in [5.74, 6) is -0.218. The van der Waals surface area contributed by atoms with Gasteiger partial charge in [-0.3, -0.25) is 0 Å². The smallest absolute Gasteiger partial charge is 0.343 e. The molecule has 2 N–H and O–H groups in total. The molecule has 0 amide bonds. The number of hydrogen-bond acceptors (Lipinski definition) is 4. The highest BCUT2D eigenvalue weighted by Crippen LogP contribution is 2.16. The molecule has 0 spiro atoms. The van der Waals surface area contributed by atoms with E-state index in [9.17, 15) is 4.79 Å². The van der Waals surface area contributed by atoms with Crippen molar-refractivity contribution in [2.24, 2.45) is 0 Å². The van der Waals surface area contributed by atoms with Gasteiger partial charge in [-0.25, -0.2) is 9.48 Å². The van der Waals surface area contributed by atoms with E-state index in [1.807, 2.05) is 30.3 Å². The van der Waals surface area contributed by atoms with E-state index in [1.165, 1.54) is 0 Å². The number of nitrogen functional groups attached to an aromatic ring is 1. The van der Waals surface area contributed by atoms with Crippen LogP contribution in [0.4, 0.5) is 5.82 Å². The van der Waals surface area contributed by atoms with Crippen molar-refractivity contribution in [1.29, 1.82) is 0 Å². The Balaban J connectivity index is 2.07. The molecule has 0 aliphatic rings. The van der Waals surface area contributed by atoms with Gasteiger partial charge in [-0.15, -0.1) is 5.10 Å². The van der Waals surface area contributed by atoms with E-state index in [0.29, 0.717) is 12.2 Å². The van der Waals surface area contributed by atoms with Crippen molar-refractivity contribution in [2.45, 2.75) is 25.7 Å². The van der Waals surface area contributed by atoms with Crippen molar-refractivity contribution in [3.63, 3.8) is 0 Å². The van der Waals surface area contributed by atoms with E-state index in [2.05, 4.69) is 24.7 Å². The highest BCUT2D eigenvalue weighted by atomic mass is 28.3. The molecule has 0 aliphatic carbocycles. The molecule has 6 heteroatoms. The third-order valence-corrected chi connectivity index (χ3v) is 4.77. The standard InChI is InChI=1S/C15H21N3O2Si/c1-21(2,3)10-9-20-15(19)13-11-18(17-14(13)16)12-7-5-4-6-8-12/h4-8,11H,9-10H2,1-3H3,(H2,16,17). The van der Waals surface area contributed by atoms with Gasteiger partial charge >= 0.3 is 5.97 Å². The lowest BCUT2D eigenvalue weighted by atomic mass is 10.3. The van der Waals surface area contributed by atoms with Crippen LogP contribution in [-0.4, -0.2) is 30.4 Å². The molecule has 2 aromatic rings. The monoisotopic (exact) mass is 303 g/mol. The number of aromatic nitrogens is 2. The Hall–Kier alpha value is -2.08. The molecular formula is C15H21N3O2Si. The van der Waals surface area contributed by atoms with Crippen LogP contribution in [-0.2, 0) is 4.74 Å². The molecule has 2 rings (SSSR count). The normalized spacial score (nSPS) is 11.4. The van der Waals surface area contributed by atoms with Crippen LogP contribution in [0.15, 0.2) is 36.5 Å². The molecule has 0 saturated carbocycles. The molecular weight excluding hydrogens is 282 g/mol. The van der Waals surface area contributed by atoms with Gasteiger partial charge in [-0.2, -0.15) is 0 Å². The van der Waals surface area contributed by atoms with Crippen LogP contribution >= 0.6 is 0 Å². The second-order valence-electron chi connectivity index (χ2n) is 6.15. The van der Waals surface area contributed by atoms with Crippen LogP contribution in [0.1, 0.15) is 10.4 Å². The summed E-state index contributed by atoms with van der Waals surface area (Å²) in [6.45, 7) is 7.15. The molecule has 0 saturated heterocycles. The number of rotatable bonds is 5. The molecule has 21 heavy (non-hydrogen) atoms. The number of nitrogens with two attached hydrogens (primary N) is 1. The number of ether oxygens (including phenoxy) is 1. The lowest BCUT2D eigenvalue weighted by molar-refractivity contribution is 0.0526. The summed E-state index contributed by atoms with van der Waals surface area (Å²) in [5.41, 5.74) is 6.98. The van der Waals surface area contributed by atoms with Crippen LogP contribution in [0.25, 0.3) is 5.69 Å². The fourth-order valence-electron chi connectivity index (χ4n) is 1.79. The maximum Gasteiger partial charge on any atom is 0.343 e. The minimum Gasteiger partial charge on any atom is -0.462 e. The predicted octanol–water partition coefficient (Wildman–Crippen LogP) is 2.95. The van der Waals surface area contributed by atoms with Crippen LogP contribution in [0, 0.1) is 0 Å². The molecule has 1 aromatic heterocycles. The SMILES string of the molecule is C[Si](C)(C)CCOC(=O)c1cn(-c2ccccc2)nc1N. The van der Waals surface area contributed by atoms with E-state index in [-0.39, 0.29) is 5.82 Å². The molecule has 112 valence electrons. The number of anilines is 1. The van der Waals surface area contributed by atoms with Gasteiger partial charge in [-0.05, 0) is 18.2 Å². The zero-order chi connectivity index (χ0) is 15.5. The van der Waals surface area contributed by atoms with Crippen molar-refractivity contribution in [3.8, 4) is 5.69 Å². The quantitative estimate of drug-likeness (QED) is 0.681. The van der Waals surface area contributed by atoms with Crippen LogP contribution in [0.5, 0.6) is 0 Å². The summed E-state index contributed by atoms with van der Waals surface area (Å²) in [6, 6.07) is 10.4. The fourth-order valence-corrected chi connectivity index (χ4v) is 2.50. The van der Waals surface area contributed by atoms with Gasteiger partial charge in [0.15, 0.2) is 5.82 Å². The zero-order valence-electron chi connectivity index (χ0n) is 12.7. The van der Waals surface area contributed by atoms with Gasteiger partial charge in [0.05, 0.1) is 12.3 Å². The summed E-state index contributed by atoms with van der Waals surface area (Å²) in [6.07, 6.45) is 1.61.